The smallest absolute Gasteiger partial charge is 0.0609 e. The van der Waals surface area contributed by atoms with Gasteiger partial charge in [0.05, 0.1) is 5.69 Å². The molecule has 96 valence electrons. The molecular formula is C11H13N4O2S-. The highest BCUT2D eigenvalue weighted by Gasteiger charge is 2.09. The zero-order chi connectivity index (χ0) is 13.0. The summed E-state index contributed by atoms with van der Waals surface area (Å²) < 4.78 is 21.6. The molecule has 1 aromatic carbocycles. The molecule has 0 radical (unpaired) electrons. The first kappa shape index (κ1) is 12.9. The van der Waals surface area contributed by atoms with Crippen molar-refractivity contribution in [2.24, 2.45) is 5.73 Å². The lowest BCUT2D eigenvalue weighted by atomic mass is 10.1. The van der Waals surface area contributed by atoms with Crippen molar-refractivity contribution >= 4 is 27.7 Å². The molecule has 0 aliphatic carbocycles. The molecule has 18 heavy (non-hydrogen) atoms. The molecule has 2 rings (SSSR count). The van der Waals surface area contributed by atoms with Crippen LogP contribution >= 0.6 is 0 Å². The molecule has 0 saturated carbocycles. The Bertz CT molecular complexity index is 558. The minimum atomic E-state index is -2.39. The summed E-state index contributed by atoms with van der Waals surface area (Å²) in [4.78, 5) is 6.37. The van der Waals surface area contributed by atoms with E-state index in [0.29, 0.717) is 13.1 Å². The highest BCUT2D eigenvalue weighted by Crippen LogP contribution is 2.24. The van der Waals surface area contributed by atoms with E-state index < -0.39 is 11.3 Å². The van der Waals surface area contributed by atoms with Gasteiger partial charge in [-0.2, -0.15) is 4.83 Å². The standard InChI is InChI=1S/C11H14N4O2S/c12-5-7-15(14-18(16)17)11-3-1-2-9-8-13-6-4-10(9)11/h1-4,6,8,14H,5,7,12H2,(H,16,17)/p-1. The topological polar surface area (TPSA) is 94.3 Å². The van der Waals surface area contributed by atoms with Gasteiger partial charge in [0.2, 0.25) is 0 Å². The molecule has 0 fully saturated rings. The lowest BCUT2D eigenvalue weighted by Crippen LogP contribution is -2.42. The van der Waals surface area contributed by atoms with Crippen LogP contribution in [0.15, 0.2) is 36.7 Å². The summed E-state index contributed by atoms with van der Waals surface area (Å²) in [5.74, 6) is 0. The Morgan fingerprint density at radius 1 is 1.44 bits per heavy atom. The average Bonchev–Trinajstić information content (AvgIpc) is 2.37. The number of hydrogen-bond acceptors (Lipinski definition) is 5. The van der Waals surface area contributed by atoms with Crippen LogP contribution in [0.3, 0.4) is 0 Å². The first-order chi connectivity index (χ1) is 8.72. The molecular weight excluding hydrogens is 252 g/mol. The second-order valence-electron chi connectivity index (χ2n) is 3.64. The van der Waals surface area contributed by atoms with E-state index in [0.717, 1.165) is 16.5 Å². The maximum absolute atomic E-state index is 10.8. The Balaban J connectivity index is 2.46. The Morgan fingerprint density at radius 2 is 2.28 bits per heavy atom. The van der Waals surface area contributed by atoms with E-state index in [1.807, 2.05) is 24.3 Å². The van der Waals surface area contributed by atoms with E-state index >= 15 is 0 Å². The van der Waals surface area contributed by atoms with Gasteiger partial charge in [-0.3, -0.25) is 14.2 Å². The number of pyridine rings is 1. The van der Waals surface area contributed by atoms with Gasteiger partial charge in [-0.15, -0.1) is 0 Å². The quantitative estimate of drug-likeness (QED) is 0.599. The van der Waals surface area contributed by atoms with Crippen LogP contribution in [0.5, 0.6) is 0 Å². The van der Waals surface area contributed by atoms with Crippen LogP contribution in [-0.4, -0.2) is 26.8 Å². The second-order valence-corrected chi connectivity index (χ2v) is 4.29. The summed E-state index contributed by atoms with van der Waals surface area (Å²) in [5, 5.41) is 3.36. The number of fused-ring (bicyclic) bond motifs is 1. The summed E-state index contributed by atoms with van der Waals surface area (Å²) in [6.45, 7) is 0.723. The minimum absolute atomic E-state index is 0.339. The first-order valence-electron chi connectivity index (χ1n) is 5.38. The third-order valence-corrected chi connectivity index (χ3v) is 2.86. The molecule has 0 spiro atoms. The van der Waals surface area contributed by atoms with Gasteiger partial charge in [-0.25, -0.2) is 0 Å². The number of hydrazine groups is 1. The first-order valence-corrected chi connectivity index (χ1v) is 6.46. The Hall–Kier alpha value is -1.54. The van der Waals surface area contributed by atoms with Crippen LogP contribution in [-0.2, 0) is 11.3 Å². The molecule has 1 atom stereocenters. The van der Waals surface area contributed by atoms with E-state index in [1.165, 1.54) is 5.01 Å². The van der Waals surface area contributed by atoms with E-state index in [1.54, 1.807) is 12.4 Å². The summed E-state index contributed by atoms with van der Waals surface area (Å²) >= 11 is -2.39. The van der Waals surface area contributed by atoms with E-state index in [-0.39, 0.29) is 0 Å². The summed E-state index contributed by atoms with van der Waals surface area (Å²) in [5.41, 5.74) is 6.25. The van der Waals surface area contributed by atoms with Crippen LogP contribution in [0, 0.1) is 0 Å². The monoisotopic (exact) mass is 265 g/mol. The predicted molar refractivity (Wildman–Crippen MR) is 70.2 cm³/mol. The van der Waals surface area contributed by atoms with E-state index in [2.05, 4.69) is 9.82 Å². The van der Waals surface area contributed by atoms with Crippen LogP contribution in [0.25, 0.3) is 10.8 Å². The summed E-state index contributed by atoms with van der Waals surface area (Å²) in [6.07, 6.45) is 3.40. The van der Waals surface area contributed by atoms with Crippen molar-refractivity contribution in [3.63, 3.8) is 0 Å². The van der Waals surface area contributed by atoms with Gasteiger partial charge in [0.1, 0.15) is 0 Å². The second kappa shape index (κ2) is 5.87. The van der Waals surface area contributed by atoms with Crippen LogP contribution in [0.4, 0.5) is 5.69 Å². The van der Waals surface area contributed by atoms with Crippen molar-refractivity contribution in [2.75, 3.05) is 18.1 Å². The fourth-order valence-corrected chi connectivity index (χ4v) is 2.14. The number of nitrogens with two attached hydrogens (primary N) is 1. The molecule has 6 nitrogen and oxygen atoms in total. The molecule has 3 N–H and O–H groups in total. The van der Waals surface area contributed by atoms with Gasteiger partial charge < -0.3 is 10.3 Å². The Labute approximate surface area is 107 Å². The van der Waals surface area contributed by atoms with Gasteiger partial charge in [-0.05, 0) is 12.1 Å². The number of nitrogens with zero attached hydrogens (tertiary/aromatic N) is 2. The molecule has 0 bridgehead atoms. The number of nitrogens with one attached hydrogen (secondary N) is 1. The maximum Gasteiger partial charge on any atom is 0.0609 e. The van der Waals surface area contributed by atoms with Gasteiger partial charge in [-0.1, -0.05) is 12.1 Å². The fraction of sp³-hybridized carbons (Fsp3) is 0.182. The SMILES string of the molecule is NCCN(NS(=O)[O-])c1cccc2cnccc12. The summed E-state index contributed by atoms with van der Waals surface area (Å²) in [7, 11) is 0. The number of aromatic nitrogens is 1. The fourth-order valence-electron chi connectivity index (χ4n) is 1.78. The molecule has 2 aromatic rings. The van der Waals surface area contributed by atoms with Gasteiger partial charge >= 0.3 is 0 Å². The van der Waals surface area contributed by atoms with Crippen molar-refractivity contribution in [2.45, 2.75) is 0 Å². The molecule has 0 amide bonds. The van der Waals surface area contributed by atoms with Crippen molar-refractivity contribution < 1.29 is 8.76 Å². The molecule has 0 aliphatic rings. The number of anilines is 1. The Morgan fingerprint density at radius 3 is 3.00 bits per heavy atom. The van der Waals surface area contributed by atoms with E-state index in [9.17, 15) is 8.76 Å². The third kappa shape index (κ3) is 2.82. The molecule has 1 unspecified atom stereocenters. The normalized spacial score (nSPS) is 12.6. The maximum atomic E-state index is 10.8. The van der Waals surface area contributed by atoms with Crippen molar-refractivity contribution in [3.05, 3.63) is 36.7 Å². The van der Waals surface area contributed by atoms with Crippen molar-refractivity contribution in [3.8, 4) is 0 Å². The summed E-state index contributed by atoms with van der Waals surface area (Å²) in [6, 6.07) is 7.43. The largest absolute Gasteiger partial charge is 0.759 e. The molecule has 7 heteroatoms. The van der Waals surface area contributed by atoms with E-state index in [4.69, 9.17) is 5.73 Å². The van der Waals surface area contributed by atoms with Gasteiger partial charge in [0, 0.05) is 47.5 Å². The van der Waals surface area contributed by atoms with Crippen molar-refractivity contribution in [1.82, 2.24) is 9.82 Å². The average molecular weight is 265 g/mol. The van der Waals surface area contributed by atoms with Crippen LogP contribution < -0.4 is 15.6 Å². The highest BCUT2D eigenvalue weighted by atomic mass is 32.2. The number of rotatable bonds is 5. The van der Waals surface area contributed by atoms with Crippen molar-refractivity contribution in [1.29, 1.82) is 0 Å². The molecule has 0 aliphatic heterocycles. The lowest BCUT2D eigenvalue weighted by molar-refractivity contribution is 0.519. The Kier molecular flexibility index (Phi) is 4.21. The zero-order valence-corrected chi connectivity index (χ0v) is 10.4. The van der Waals surface area contributed by atoms with Gasteiger partial charge in [0.15, 0.2) is 0 Å². The van der Waals surface area contributed by atoms with Crippen LogP contribution in [0.2, 0.25) is 0 Å². The lowest BCUT2D eigenvalue weighted by Gasteiger charge is -2.26. The third-order valence-electron chi connectivity index (χ3n) is 2.49. The zero-order valence-electron chi connectivity index (χ0n) is 9.57. The van der Waals surface area contributed by atoms with Gasteiger partial charge in [0.25, 0.3) is 0 Å². The predicted octanol–water partition coefficient (Wildman–Crippen LogP) is 0.299. The van der Waals surface area contributed by atoms with Crippen LogP contribution in [0.1, 0.15) is 0 Å². The molecule has 0 saturated heterocycles. The molecule has 1 aromatic heterocycles. The minimum Gasteiger partial charge on any atom is -0.759 e. The number of benzene rings is 1. The highest BCUT2D eigenvalue weighted by molar-refractivity contribution is 7.77. The molecule has 1 heterocycles. The number of hydrogen-bond donors (Lipinski definition) is 2.